The molecule has 0 unspecified atom stereocenters. The Bertz CT molecular complexity index is 699. The van der Waals surface area contributed by atoms with Gasteiger partial charge in [-0.3, -0.25) is 5.10 Å². The number of hydrogen-bond acceptors (Lipinski definition) is 3. The molecule has 0 saturated heterocycles. The second-order valence-electron chi connectivity index (χ2n) is 4.10. The van der Waals surface area contributed by atoms with Crippen molar-refractivity contribution in [2.75, 3.05) is 0 Å². The summed E-state index contributed by atoms with van der Waals surface area (Å²) >= 11 is 1.42. The van der Waals surface area contributed by atoms with Crippen LogP contribution in [0, 0.1) is 0 Å². The molecule has 0 bridgehead atoms. The van der Waals surface area contributed by atoms with Crippen molar-refractivity contribution in [1.82, 2.24) is 15.2 Å². The predicted molar refractivity (Wildman–Crippen MR) is 70.1 cm³/mol. The highest BCUT2D eigenvalue weighted by molar-refractivity contribution is 7.13. The molecule has 3 rings (SSSR count). The number of aromatic amines is 1. The second-order valence-corrected chi connectivity index (χ2v) is 4.96. The predicted octanol–water partition coefficient (Wildman–Crippen LogP) is 4.22. The number of aromatic nitrogens is 3. The summed E-state index contributed by atoms with van der Waals surface area (Å²) in [5, 5.41) is 9.11. The highest BCUT2D eigenvalue weighted by Crippen LogP contribution is 2.32. The molecule has 0 aliphatic carbocycles. The third kappa shape index (κ3) is 2.44. The number of thiazole rings is 1. The number of rotatable bonds is 2. The first kappa shape index (κ1) is 12.9. The Morgan fingerprint density at radius 3 is 2.40 bits per heavy atom. The lowest BCUT2D eigenvalue weighted by Crippen LogP contribution is -2.03. The largest absolute Gasteiger partial charge is 0.416 e. The van der Waals surface area contributed by atoms with Gasteiger partial charge in [-0.15, -0.1) is 11.3 Å². The second kappa shape index (κ2) is 4.75. The van der Waals surface area contributed by atoms with Gasteiger partial charge in [0.1, 0.15) is 5.01 Å². The molecule has 1 N–H and O–H groups in total. The van der Waals surface area contributed by atoms with Crippen molar-refractivity contribution in [3.8, 4) is 21.8 Å². The van der Waals surface area contributed by atoms with E-state index in [1.165, 1.54) is 23.5 Å². The highest BCUT2D eigenvalue weighted by Gasteiger charge is 2.30. The van der Waals surface area contributed by atoms with Crippen LogP contribution in [-0.2, 0) is 6.18 Å². The topological polar surface area (TPSA) is 41.6 Å². The Hall–Kier alpha value is -2.15. The van der Waals surface area contributed by atoms with Crippen molar-refractivity contribution in [2.24, 2.45) is 0 Å². The van der Waals surface area contributed by atoms with Crippen molar-refractivity contribution < 1.29 is 13.2 Å². The minimum Gasteiger partial charge on any atom is -0.285 e. The van der Waals surface area contributed by atoms with E-state index < -0.39 is 11.7 Å². The van der Waals surface area contributed by atoms with E-state index in [1.54, 1.807) is 12.4 Å². The van der Waals surface area contributed by atoms with Crippen molar-refractivity contribution in [3.63, 3.8) is 0 Å². The Kier molecular flexibility index (Phi) is 3.06. The minimum atomic E-state index is -4.32. The molecule has 0 aliphatic rings. The van der Waals surface area contributed by atoms with E-state index in [4.69, 9.17) is 0 Å². The highest BCUT2D eigenvalue weighted by atomic mass is 32.1. The van der Waals surface area contributed by atoms with Gasteiger partial charge in [0.25, 0.3) is 0 Å². The number of halogens is 3. The fraction of sp³-hybridized carbons (Fsp3) is 0.0769. The summed E-state index contributed by atoms with van der Waals surface area (Å²) in [4.78, 5) is 4.39. The van der Waals surface area contributed by atoms with E-state index in [2.05, 4.69) is 15.2 Å². The average Bonchev–Trinajstić information content (AvgIpc) is 3.09. The van der Waals surface area contributed by atoms with Gasteiger partial charge < -0.3 is 0 Å². The molecule has 0 saturated carbocycles. The summed E-state index contributed by atoms with van der Waals surface area (Å²) in [5.74, 6) is 0. The van der Waals surface area contributed by atoms with Gasteiger partial charge >= 0.3 is 6.18 Å². The molecule has 102 valence electrons. The smallest absolute Gasteiger partial charge is 0.285 e. The lowest BCUT2D eigenvalue weighted by molar-refractivity contribution is -0.137. The molecular formula is C13H8F3N3S. The molecule has 2 aromatic heterocycles. The van der Waals surface area contributed by atoms with Crippen molar-refractivity contribution in [3.05, 3.63) is 47.6 Å². The maximum atomic E-state index is 12.5. The molecular weight excluding hydrogens is 287 g/mol. The van der Waals surface area contributed by atoms with Crippen LogP contribution in [0.2, 0.25) is 0 Å². The molecule has 2 heterocycles. The Morgan fingerprint density at radius 1 is 1.05 bits per heavy atom. The van der Waals surface area contributed by atoms with Gasteiger partial charge in [-0.1, -0.05) is 12.1 Å². The normalized spacial score (nSPS) is 11.8. The van der Waals surface area contributed by atoms with Gasteiger partial charge in [-0.25, -0.2) is 4.98 Å². The fourth-order valence-electron chi connectivity index (χ4n) is 1.74. The first-order valence-corrected chi connectivity index (χ1v) is 6.54. The SMILES string of the molecule is FC(F)(F)c1ccc(-c2csc(-c3cn[nH]c3)n2)cc1. The van der Waals surface area contributed by atoms with Crippen LogP contribution in [0.3, 0.4) is 0 Å². The lowest BCUT2D eigenvalue weighted by atomic mass is 10.1. The zero-order chi connectivity index (χ0) is 14.2. The summed E-state index contributed by atoms with van der Waals surface area (Å²) in [6.45, 7) is 0. The third-order valence-corrected chi connectivity index (χ3v) is 3.65. The maximum absolute atomic E-state index is 12.5. The molecule has 1 aromatic carbocycles. The molecule has 3 aromatic rings. The number of H-pyrrole nitrogens is 1. The van der Waals surface area contributed by atoms with Crippen LogP contribution in [0.25, 0.3) is 21.8 Å². The van der Waals surface area contributed by atoms with Crippen LogP contribution in [0.1, 0.15) is 5.56 Å². The zero-order valence-electron chi connectivity index (χ0n) is 9.98. The number of nitrogens with one attached hydrogen (secondary N) is 1. The van der Waals surface area contributed by atoms with Crippen LogP contribution in [0.5, 0.6) is 0 Å². The summed E-state index contributed by atoms with van der Waals surface area (Å²) in [5.41, 5.74) is 1.50. The maximum Gasteiger partial charge on any atom is 0.416 e. The quantitative estimate of drug-likeness (QED) is 0.769. The molecule has 3 nitrogen and oxygen atoms in total. The van der Waals surface area contributed by atoms with Crippen LogP contribution >= 0.6 is 11.3 Å². The summed E-state index contributed by atoms with van der Waals surface area (Å²) in [6.07, 6.45) is -0.951. The van der Waals surface area contributed by atoms with Crippen LogP contribution in [0.4, 0.5) is 13.2 Å². The minimum absolute atomic E-state index is 0.653. The van der Waals surface area contributed by atoms with Gasteiger partial charge in [-0.2, -0.15) is 18.3 Å². The molecule has 0 amide bonds. The molecule has 0 spiro atoms. The number of hydrogen-bond donors (Lipinski definition) is 1. The Morgan fingerprint density at radius 2 is 1.80 bits per heavy atom. The van der Waals surface area contributed by atoms with E-state index in [0.29, 0.717) is 11.3 Å². The molecule has 0 radical (unpaired) electrons. The van der Waals surface area contributed by atoms with Gasteiger partial charge in [0.15, 0.2) is 0 Å². The van der Waals surface area contributed by atoms with Crippen LogP contribution in [0.15, 0.2) is 42.0 Å². The molecule has 0 aliphatic heterocycles. The van der Waals surface area contributed by atoms with E-state index in [9.17, 15) is 13.2 Å². The van der Waals surface area contributed by atoms with E-state index in [0.717, 1.165) is 22.7 Å². The van der Waals surface area contributed by atoms with E-state index in [-0.39, 0.29) is 0 Å². The van der Waals surface area contributed by atoms with Gasteiger partial charge in [0, 0.05) is 22.7 Å². The fourth-order valence-corrected chi connectivity index (χ4v) is 2.55. The van der Waals surface area contributed by atoms with Crippen molar-refractivity contribution in [2.45, 2.75) is 6.18 Å². The Labute approximate surface area is 116 Å². The van der Waals surface area contributed by atoms with E-state index in [1.807, 2.05) is 5.38 Å². The van der Waals surface area contributed by atoms with Gasteiger partial charge in [-0.05, 0) is 12.1 Å². The van der Waals surface area contributed by atoms with Crippen LogP contribution in [-0.4, -0.2) is 15.2 Å². The lowest BCUT2D eigenvalue weighted by Gasteiger charge is -2.06. The molecule has 0 fully saturated rings. The van der Waals surface area contributed by atoms with Crippen LogP contribution < -0.4 is 0 Å². The van der Waals surface area contributed by atoms with Crippen molar-refractivity contribution >= 4 is 11.3 Å². The summed E-state index contributed by atoms with van der Waals surface area (Å²) in [7, 11) is 0. The first-order valence-electron chi connectivity index (χ1n) is 5.66. The zero-order valence-corrected chi connectivity index (χ0v) is 10.8. The molecule has 0 atom stereocenters. The summed E-state index contributed by atoms with van der Waals surface area (Å²) in [6, 6.07) is 4.98. The first-order chi connectivity index (χ1) is 9.54. The third-order valence-electron chi connectivity index (χ3n) is 2.76. The number of benzene rings is 1. The summed E-state index contributed by atoms with van der Waals surface area (Å²) < 4.78 is 37.5. The monoisotopic (exact) mass is 295 g/mol. The van der Waals surface area contributed by atoms with E-state index >= 15 is 0 Å². The number of nitrogens with zero attached hydrogens (tertiary/aromatic N) is 2. The van der Waals surface area contributed by atoms with Gasteiger partial charge in [0.05, 0.1) is 17.5 Å². The standard InChI is InChI=1S/C13H8F3N3S/c14-13(15,16)10-3-1-8(2-4-10)11-7-20-12(19-11)9-5-17-18-6-9/h1-7H,(H,17,18). The average molecular weight is 295 g/mol. The van der Waals surface area contributed by atoms with Crippen molar-refractivity contribution in [1.29, 1.82) is 0 Å². The molecule has 7 heteroatoms. The van der Waals surface area contributed by atoms with Gasteiger partial charge in [0.2, 0.25) is 0 Å². The Balaban J connectivity index is 1.90. The number of alkyl halides is 3. The molecule has 20 heavy (non-hydrogen) atoms.